The van der Waals surface area contributed by atoms with Crippen LogP contribution in [0.4, 0.5) is 0 Å². The van der Waals surface area contributed by atoms with E-state index in [-0.39, 0.29) is 19.3 Å². The van der Waals surface area contributed by atoms with E-state index in [1.165, 1.54) is 0 Å². The van der Waals surface area contributed by atoms with Crippen LogP contribution >= 0.6 is 0 Å². The van der Waals surface area contributed by atoms with Gasteiger partial charge in [0.1, 0.15) is 12.2 Å². The Morgan fingerprint density at radius 2 is 1.33 bits per heavy atom. The van der Waals surface area contributed by atoms with Crippen molar-refractivity contribution < 1.29 is 37.4 Å². The van der Waals surface area contributed by atoms with Gasteiger partial charge in [0.15, 0.2) is 16.6 Å². The SMILES string of the molecule is COCC(COCCOCCC[Si](C)(O[Si](C)(C)C)O[Si](C)(C)C)OCC(O)CO. The Hall–Kier alpha value is 0.331. The predicted octanol–water partition coefficient (Wildman–Crippen LogP) is 2.57. The molecule has 30 heavy (non-hydrogen) atoms. The molecule has 0 heterocycles. The minimum absolute atomic E-state index is 0.0476. The summed E-state index contributed by atoms with van der Waals surface area (Å²) < 4.78 is 34.9. The maximum atomic E-state index is 9.36. The summed E-state index contributed by atoms with van der Waals surface area (Å²) in [4.78, 5) is 0. The molecule has 11 heteroatoms. The lowest BCUT2D eigenvalue weighted by molar-refractivity contribution is -0.0863. The van der Waals surface area contributed by atoms with Gasteiger partial charge in [-0.25, -0.2) is 0 Å². The highest BCUT2D eigenvalue weighted by molar-refractivity contribution is 6.87. The Labute approximate surface area is 186 Å². The third-order valence-corrected chi connectivity index (χ3v) is 13.3. The maximum Gasteiger partial charge on any atom is 0.314 e. The van der Waals surface area contributed by atoms with Gasteiger partial charge in [-0.2, -0.15) is 0 Å². The van der Waals surface area contributed by atoms with E-state index in [9.17, 15) is 5.11 Å². The molecular weight excluding hydrogens is 440 g/mol. The first-order chi connectivity index (χ1) is 13.8. The summed E-state index contributed by atoms with van der Waals surface area (Å²) in [5.74, 6) is 0. The molecule has 182 valence electrons. The van der Waals surface area contributed by atoms with Crippen molar-refractivity contribution in [1.82, 2.24) is 0 Å². The summed E-state index contributed by atoms with van der Waals surface area (Å²) in [5.41, 5.74) is 0. The molecule has 0 bridgehead atoms. The fourth-order valence-corrected chi connectivity index (χ4v) is 15.5. The second-order valence-corrected chi connectivity index (χ2v) is 22.5. The number of methoxy groups -OCH3 is 1. The van der Waals surface area contributed by atoms with Gasteiger partial charge in [0.25, 0.3) is 0 Å². The zero-order valence-corrected chi connectivity index (χ0v) is 23.4. The molecule has 8 nitrogen and oxygen atoms in total. The highest BCUT2D eigenvalue weighted by Crippen LogP contribution is 2.25. The van der Waals surface area contributed by atoms with Crippen molar-refractivity contribution >= 4 is 25.2 Å². The lowest BCUT2D eigenvalue weighted by atomic mass is 10.3. The molecule has 0 aliphatic carbocycles. The van der Waals surface area contributed by atoms with Gasteiger partial charge in [-0.1, -0.05) is 0 Å². The maximum absolute atomic E-state index is 9.36. The molecule has 0 aromatic carbocycles. The van der Waals surface area contributed by atoms with E-state index in [4.69, 9.17) is 32.3 Å². The molecule has 2 N–H and O–H groups in total. The summed E-state index contributed by atoms with van der Waals surface area (Å²) in [6, 6.07) is 0.930. The van der Waals surface area contributed by atoms with E-state index in [2.05, 4.69) is 45.8 Å². The van der Waals surface area contributed by atoms with E-state index < -0.39 is 31.3 Å². The summed E-state index contributed by atoms with van der Waals surface area (Å²) in [6.45, 7) is 17.5. The first-order valence-electron chi connectivity index (χ1n) is 10.8. The van der Waals surface area contributed by atoms with Crippen LogP contribution in [-0.2, 0) is 27.2 Å². The van der Waals surface area contributed by atoms with Gasteiger partial charge in [-0.3, -0.25) is 0 Å². The minimum Gasteiger partial charge on any atom is -0.437 e. The monoisotopic (exact) mass is 486 g/mol. The zero-order valence-electron chi connectivity index (χ0n) is 20.4. The quantitative estimate of drug-likeness (QED) is 0.212. The summed E-state index contributed by atoms with van der Waals surface area (Å²) in [5, 5.41) is 18.2. The Kier molecular flexibility index (Phi) is 15.4. The van der Waals surface area contributed by atoms with Crippen molar-refractivity contribution in [3.8, 4) is 0 Å². The minimum atomic E-state index is -2.20. The molecule has 0 saturated carbocycles. The highest BCUT2D eigenvalue weighted by atomic mass is 28.5. The Morgan fingerprint density at radius 1 is 0.767 bits per heavy atom. The number of aliphatic hydroxyl groups excluding tert-OH is 2. The Bertz CT molecular complexity index is 413. The smallest absolute Gasteiger partial charge is 0.314 e. The van der Waals surface area contributed by atoms with Crippen LogP contribution in [0.15, 0.2) is 0 Å². The lowest BCUT2D eigenvalue weighted by Gasteiger charge is -2.38. The summed E-state index contributed by atoms with van der Waals surface area (Å²) >= 11 is 0. The number of hydrogen-bond donors (Lipinski definition) is 2. The van der Waals surface area contributed by atoms with Crippen LogP contribution in [0.1, 0.15) is 6.42 Å². The van der Waals surface area contributed by atoms with Gasteiger partial charge < -0.3 is 37.4 Å². The lowest BCUT2D eigenvalue weighted by Crippen LogP contribution is -2.52. The molecular formula is C19H46O8Si3. The fourth-order valence-electron chi connectivity index (χ4n) is 2.98. The standard InChI is InChI=1S/C19H46O8Si3/c1-22-16-19(25-15-18(21)14-20)17-24-12-11-23-10-9-13-30(8,26-28(2,3)4)27-29(5,6)7/h18-21H,9-17H2,1-8H3. The van der Waals surface area contributed by atoms with Crippen LogP contribution in [0.3, 0.4) is 0 Å². The molecule has 0 saturated heterocycles. The third-order valence-electron chi connectivity index (χ3n) is 3.73. The van der Waals surface area contributed by atoms with Gasteiger partial charge in [0.05, 0.1) is 39.6 Å². The predicted molar refractivity (Wildman–Crippen MR) is 126 cm³/mol. The molecule has 0 fully saturated rings. The summed E-state index contributed by atoms with van der Waals surface area (Å²) in [7, 11) is -3.95. The molecule has 0 amide bonds. The van der Waals surface area contributed by atoms with Gasteiger partial charge in [-0.05, 0) is 58.3 Å². The van der Waals surface area contributed by atoms with Crippen molar-refractivity contribution in [1.29, 1.82) is 0 Å². The van der Waals surface area contributed by atoms with Crippen LogP contribution in [0, 0.1) is 0 Å². The van der Waals surface area contributed by atoms with Crippen molar-refractivity contribution in [2.45, 2.75) is 70.5 Å². The molecule has 0 aliphatic heterocycles. The number of ether oxygens (including phenoxy) is 4. The Balaban J connectivity index is 4.11. The first kappa shape index (κ1) is 30.3. The van der Waals surface area contributed by atoms with Crippen molar-refractivity contribution in [3.05, 3.63) is 0 Å². The van der Waals surface area contributed by atoms with Gasteiger partial charge >= 0.3 is 8.56 Å². The zero-order chi connectivity index (χ0) is 23.3. The van der Waals surface area contributed by atoms with E-state index in [0.29, 0.717) is 33.0 Å². The van der Waals surface area contributed by atoms with E-state index in [0.717, 1.165) is 12.5 Å². The second kappa shape index (κ2) is 15.2. The summed E-state index contributed by atoms with van der Waals surface area (Å²) in [6.07, 6.45) is -0.274. The van der Waals surface area contributed by atoms with E-state index >= 15 is 0 Å². The van der Waals surface area contributed by atoms with E-state index in [1.54, 1.807) is 7.11 Å². The van der Waals surface area contributed by atoms with Crippen LogP contribution in [0.5, 0.6) is 0 Å². The van der Waals surface area contributed by atoms with Gasteiger partial charge in [0, 0.05) is 13.7 Å². The number of hydrogen-bond acceptors (Lipinski definition) is 8. The third kappa shape index (κ3) is 18.0. The van der Waals surface area contributed by atoms with Crippen molar-refractivity contribution in [2.24, 2.45) is 0 Å². The van der Waals surface area contributed by atoms with E-state index in [1.807, 2.05) is 0 Å². The van der Waals surface area contributed by atoms with Crippen LogP contribution in [-0.4, -0.2) is 101 Å². The van der Waals surface area contributed by atoms with Crippen molar-refractivity contribution in [3.63, 3.8) is 0 Å². The molecule has 0 rings (SSSR count). The average molecular weight is 487 g/mol. The average Bonchev–Trinajstić information content (AvgIpc) is 2.57. The molecule has 0 aromatic heterocycles. The highest BCUT2D eigenvalue weighted by Gasteiger charge is 2.39. The van der Waals surface area contributed by atoms with Crippen molar-refractivity contribution in [2.75, 3.05) is 53.4 Å². The molecule has 2 atom stereocenters. The topological polar surface area (TPSA) is 95.8 Å². The first-order valence-corrected chi connectivity index (χ1v) is 20.1. The Morgan fingerprint density at radius 3 is 1.83 bits per heavy atom. The molecule has 0 aliphatic rings. The number of rotatable bonds is 19. The van der Waals surface area contributed by atoms with Crippen LogP contribution < -0.4 is 0 Å². The van der Waals surface area contributed by atoms with Crippen LogP contribution in [0.25, 0.3) is 0 Å². The molecule has 0 aromatic rings. The second-order valence-electron chi connectivity index (χ2n) is 9.60. The molecule has 0 spiro atoms. The van der Waals surface area contributed by atoms with Gasteiger partial charge in [-0.15, -0.1) is 0 Å². The normalized spacial score (nSPS) is 15.4. The fraction of sp³-hybridized carbons (Fsp3) is 1.00. The number of aliphatic hydroxyl groups is 2. The molecule has 0 radical (unpaired) electrons. The largest absolute Gasteiger partial charge is 0.437 e. The van der Waals surface area contributed by atoms with Gasteiger partial charge in [0.2, 0.25) is 0 Å². The van der Waals surface area contributed by atoms with Crippen LogP contribution in [0.2, 0.25) is 51.9 Å². The molecule has 2 unspecified atom stereocenters.